The highest BCUT2D eigenvalue weighted by Crippen LogP contribution is 2.29. The molecule has 0 bridgehead atoms. The molecule has 1 unspecified atom stereocenters. The molecule has 0 saturated carbocycles. The molecule has 0 aliphatic rings. The molecule has 2 aromatic carbocycles. The molecular formula is C33H44NO3-. The average Bonchev–Trinajstić information content (AvgIpc) is 3.24. The number of aryl methyl sites for hydroxylation is 1. The van der Waals surface area contributed by atoms with Gasteiger partial charge in [-0.2, -0.15) is 0 Å². The fourth-order valence-corrected chi connectivity index (χ4v) is 5.44. The molecule has 0 spiro atoms. The fraction of sp³-hybridized carbons (Fsp3) is 0.515. The number of Topliss-reactive ketones (excluding diaryl/α,β-unsaturated/α-hetero) is 1. The third-order valence-corrected chi connectivity index (χ3v) is 7.31. The summed E-state index contributed by atoms with van der Waals surface area (Å²) >= 11 is 0. The first-order chi connectivity index (χ1) is 17.9. The second-order valence-corrected chi connectivity index (χ2v) is 10.9. The minimum absolute atomic E-state index is 0.0261. The second kappa shape index (κ2) is 14.8. The first kappa shape index (κ1) is 28.7. The summed E-state index contributed by atoms with van der Waals surface area (Å²) in [6.07, 6.45) is 12.1. The van der Waals surface area contributed by atoms with Crippen LogP contribution in [-0.4, -0.2) is 16.3 Å². The summed E-state index contributed by atoms with van der Waals surface area (Å²) in [5.74, 6) is 0.459. The molecule has 4 nitrogen and oxygen atoms in total. The maximum atomic E-state index is 13.0. The maximum absolute atomic E-state index is 13.0. The molecule has 0 N–H and O–H groups in total. The van der Waals surface area contributed by atoms with E-state index in [1.165, 1.54) is 36.8 Å². The lowest BCUT2D eigenvalue weighted by molar-refractivity contribution is -0.305. The van der Waals surface area contributed by atoms with Gasteiger partial charge in [0.1, 0.15) is 0 Å². The molecule has 1 atom stereocenters. The molecule has 37 heavy (non-hydrogen) atoms. The minimum Gasteiger partial charge on any atom is -0.550 e. The Bertz CT molecular complexity index is 1130. The van der Waals surface area contributed by atoms with Crippen molar-refractivity contribution in [2.75, 3.05) is 0 Å². The number of carboxylic acid groups (broad SMARTS) is 1. The van der Waals surface area contributed by atoms with Crippen molar-refractivity contribution in [1.82, 2.24) is 4.57 Å². The van der Waals surface area contributed by atoms with E-state index in [4.69, 9.17) is 0 Å². The summed E-state index contributed by atoms with van der Waals surface area (Å²) < 4.78 is 2.01. The van der Waals surface area contributed by atoms with Gasteiger partial charge >= 0.3 is 0 Å². The van der Waals surface area contributed by atoms with Gasteiger partial charge in [0.15, 0.2) is 5.78 Å². The van der Waals surface area contributed by atoms with Gasteiger partial charge in [0.2, 0.25) is 0 Å². The number of aromatic nitrogens is 1. The summed E-state index contributed by atoms with van der Waals surface area (Å²) in [6.45, 7) is 7.37. The number of carboxylic acids is 1. The number of hydrogen-bond donors (Lipinski definition) is 0. The Kier molecular flexibility index (Phi) is 11.4. The van der Waals surface area contributed by atoms with Crippen molar-refractivity contribution >= 4 is 22.7 Å². The number of nitrogens with zero attached hydrogens (tertiary/aromatic N) is 1. The van der Waals surface area contributed by atoms with Crippen molar-refractivity contribution in [1.29, 1.82) is 0 Å². The molecule has 200 valence electrons. The zero-order valence-electron chi connectivity index (χ0n) is 23.0. The van der Waals surface area contributed by atoms with Crippen LogP contribution in [0.1, 0.15) is 112 Å². The molecule has 0 aliphatic carbocycles. The third-order valence-electron chi connectivity index (χ3n) is 7.31. The van der Waals surface area contributed by atoms with Gasteiger partial charge in [-0.25, -0.2) is 0 Å². The first-order valence-electron chi connectivity index (χ1n) is 14.3. The highest BCUT2D eigenvalue weighted by atomic mass is 16.4. The van der Waals surface area contributed by atoms with Gasteiger partial charge in [0.05, 0.1) is 0 Å². The normalized spacial score (nSPS) is 12.3. The van der Waals surface area contributed by atoms with Gasteiger partial charge in [-0.15, -0.1) is 0 Å². The molecule has 1 aromatic heterocycles. The number of ketones is 1. The largest absolute Gasteiger partial charge is 0.550 e. The molecule has 0 radical (unpaired) electrons. The van der Waals surface area contributed by atoms with Crippen molar-refractivity contribution < 1.29 is 14.7 Å². The molecule has 0 aliphatic heterocycles. The first-order valence-corrected chi connectivity index (χ1v) is 14.3. The summed E-state index contributed by atoms with van der Waals surface area (Å²) in [6, 6.07) is 17.2. The van der Waals surface area contributed by atoms with Crippen LogP contribution in [0, 0.1) is 5.92 Å². The van der Waals surface area contributed by atoms with Crippen molar-refractivity contribution in [2.24, 2.45) is 5.92 Å². The lowest BCUT2D eigenvalue weighted by Gasteiger charge is -2.17. The van der Waals surface area contributed by atoms with Crippen LogP contribution < -0.4 is 5.11 Å². The number of hydrogen-bond acceptors (Lipinski definition) is 3. The predicted octanol–water partition coefficient (Wildman–Crippen LogP) is 7.48. The Morgan fingerprint density at radius 1 is 0.865 bits per heavy atom. The van der Waals surface area contributed by atoms with E-state index >= 15 is 0 Å². The lowest BCUT2D eigenvalue weighted by atomic mass is 9.88. The van der Waals surface area contributed by atoms with E-state index in [-0.39, 0.29) is 12.2 Å². The van der Waals surface area contributed by atoms with Gasteiger partial charge in [-0.05, 0) is 67.6 Å². The molecular weight excluding hydrogens is 458 g/mol. The Morgan fingerprint density at radius 2 is 1.59 bits per heavy atom. The molecule has 0 fully saturated rings. The molecule has 1 heterocycles. The third kappa shape index (κ3) is 8.87. The number of para-hydroxylation sites is 1. The Morgan fingerprint density at radius 3 is 2.30 bits per heavy atom. The molecule has 4 heteroatoms. The van der Waals surface area contributed by atoms with E-state index < -0.39 is 5.97 Å². The van der Waals surface area contributed by atoms with Gasteiger partial charge in [-0.3, -0.25) is 4.79 Å². The van der Waals surface area contributed by atoms with Gasteiger partial charge in [0, 0.05) is 41.6 Å². The van der Waals surface area contributed by atoms with Crippen LogP contribution >= 0.6 is 0 Å². The number of carbonyl (C=O) groups excluding carboxylic acids is 2. The van der Waals surface area contributed by atoms with Crippen molar-refractivity contribution in [3.05, 3.63) is 71.4 Å². The van der Waals surface area contributed by atoms with Crippen molar-refractivity contribution in [3.8, 4) is 0 Å². The number of fused-ring (bicyclic) bond motifs is 1. The Balaban J connectivity index is 1.46. The van der Waals surface area contributed by atoms with Crippen LogP contribution in [0.25, 0.3) is 10.9 Å². The second-order valence-electron chi connectivity index (χ2n) is 10.9. The van der Waals surface area contributed by atoms with Crippen LogP contribution in [0.3, 0.4) is 0 Å². The molecule has 3 aromatic rings. The Labute approximate surface area is 223 Å². The van der Waals surface area contributed by atoms with E-state index in [1.807, 2.05) is 35.0 Å². The zero-order valence-corrected chi connectivity index (χ0v) is 23.0. The van der Waals surface area contributed by atoms with Gasteiger partial charge in [0.25, 0.3) is 0 Å². The summed E-state index contributed by atoms with van der Waals surface area (Å²) in [4.78, 5) is 23.8. The topological polar surface area (TPSA) is 62.1 Å². The number of rotatable bonds is 17. The van der Waals surface area contributed by atoms with E-state index in [9.17, 15) is 14.7 Å². The quantitative estimate of drug-likeness (QED) is 0.142. The highest BCUT2D eigenvalue weighted by molar-refractivity contribution is 6.08. The van der Waals surface area contributed by atoms with E-state index in [2.05, 4.69) is 45.0 Å². The smallest absolute Gasteiger partial charge is 0.165 e. The molecule has 3 rings (SSSR count). The highest BCUT2D eigenvalue weighted by Gasteiger charge is 2.15. The monoisotopic (exact) mass is 502 g/mol. The van der Waals surface area contributed by atoms with Crippen LogP contribution in [0.5, 0.6) is 0 Å². The maximum Gasteiger partial charge on any atom is 0.165 e. The lowest BCUT2D eigenvalue weighted by Crippen LogP contribution is -2.22. The molecule has 0 amide bonds. The standard InChI is InChI=1S/C33H45NO3/c1-4-12-27(28-20-18-26(19-21-28)23-25(2)3)13-7-5-6-8-16-32(35)30-24-34(22-11-17-33(36)37)31-15-10-9-14-29(30)31/h9-10,14-15,18-21,24-25,27H,4-8,11-13,16-17,22-23H2,1-3H3,(H,36,37)/p-1. The van der Waals surface area contributed by atoms with Crippen LogP contribution in [0.15, 0.2) is 54.7 Å². The zero-order chi connectivity index (χ0) is 26.6. The van der Waals surface area contributed by atoms with Crippen LogP contribution in [-0.2, 0) is 17.8 Å². The number of carbonyl (C=O) groups is 2. The predicted molar refractivity (Wildman–Crippen MR) is 151 cm³/mol. The fourth-order valence-electron chi connectivity index (χ4n) is 5.44. The number of unbranched alkanes of at least 4 members (excludes halogenated alkanes) is 3. The van der Waals surface area contributed by atoms with Gasteiger partial charge in [-0.1, -0.05) is 88.9 Å². The number of aliphatic carboxylic acids is 1. The SMILES string of the molecule is CCCC(CCCCCCC(=O)c1cn(CCCC(=O)[O-])c2ccccc12)c1ccc(CC(C)C)cc1. The summed E-state index contributed by atoms with van der Waals surface area (Å²) in [5, 5.41) is 11.7. The van der Waals surface area contributed by atoms with Crippen molar-refractivity contribution in [2.45, 2.75) is 104 Å². The summed E-state index contributed by atoms with van der Waals surface area (Å²) in [7, 11) is 0. The van der Waals surface area contributed by atoms with Crippen molar-refractivity contribution in [3.63, 3.8) is 0 Å². The van der Waals surface area contributed by atoms with Gasteiger partial charge < -0.3 is 14.5 Å². The minimum atomic E-state index is -1.03. The summed E-state index contributed by atoms with van der Waals surface area (Å²) in [5.41, 5.74) is 4.65. The van der Waals surface area contributed by atoms with E-state index in [0.717, 1.165) is 42.1 Å². The average molecular weight is 503 g/mol. The number of benzene rings is 2. The Hall–Kier alpha value is -2.88. The van der Waals surface area contributed by atoms with Crippen LogP contribution in [0.2, 0.25) is 0 Å². The molecule has 0 saturated heterocycles. The van der Waals surface area contributed by atoms with E-state index in [0.29, 0.717) is 31.2 Å². The van der Waals surface area contributed by atoms with E-state index in [1.54, 1.807) is 0 Å². The van der Waals surface area contributed by atoms with Crippen LogP contribution in [0.4, 0.5) is 0 Å².